The molecular formula is C18H18BrCl2NO2. The molecule has 3 nitrogen and oxygen atoms in total. The average Bonchev–Trinajstić information content (AvgIpc) is 2.55. The topological polar surface area (TPSA) is 38.3 Å². The highest BCUT2D eigenvalue weighted by molar-refractivity contribution is 9.10. The van der Waals surface area contributed by atoms with E-state index in [1.54, 1.807) is 18.2 Å². The smallest absolute Gasteiger partial charge is 0.255 e. The van der Waals surface area contributed by atoms with E-state index in [4.69, 9.17) is 27.9 Å². The van der Waals surface area contributed by atoms with Crippen molar-refractivity contribution in [2.24, 2.45) is 0 Å². The van der Waals surface area contributed by atoms with Crippen LogP contribution in [0.25, 0.3) is 0 Å². The van der Waals surface area contributed by atoms with Gasteiger partial charge in [0.1, 0.15) is 0 Å². The number of benzene rings is 2. The fourth-order valence-corrected chi connectivity index (χ4v) is 3.09. The van der Waals surface area contributed by atoms with Crippen molar-refractivity contribution >= 4 is 50.7 Å². The van der Waals surface area contributed by atoms with Crippen molar-refractivity contribution in [3.05, 3.63) is 56.5 Å². The molecule has 0 unspecified atom stereocenters. The number of halogens is 3. The second-order valence-corrected chi connectivity index (χ2v) is 6.93. The second kappa shape index (κ2) is 9.30. The number of para-hydroxylation sites is 1. The van der Waals surface area contributed by atoms with Gasteiger partial charge < -0.3 is 10.1 Å². The Kier molecular flexibility index (Phi) is 7.40. The molecule has 0 aromatic heterocycles. The van der Waals surface area contributed by atoms with E-state index in [0.717, 1.165) is 23.7 Å². The minimum atomic E-state index is -0.289. The van der Waals surface area contributed by atoms with Gasteiger partial charge in [0.2, 0.25) is 0 Å². The summed E-state index contributed by atoms with van der Waals surface area (Å²) in [6, 6.07) is 10.5. The minimum absolute atomic E-state index is 0.289. The molecule has 0 spiro atoms. The van der Waals surface area contributed by atoms with Crippen molar-refractivity contribution in [2.45, 2.75) is 26.2 Å². The van der Waals surface area contributed by atoms with Crippen LogP contribution in [0.3, 0.4) is 0 Å². The van der Waals surface area contributed by atoms with E-state index in [-0.39, 0.29) is 5.91 Å². The van der Waals surface area contributed by atoms with Crippen molar-refractivity contribution in [3.63, 3.8) is 0 Å². The molecule has 1 amide bonds. The van der Waals surface area contributed by atoms with Crippen molar-refractivity contribution in [3.8, 4) is 5.75 Å². The standard InChI is InChI=1S/C18H18BrCl2NO2/c1-2-3-6-9-24-17-14(20)10-12(11-15(17)21)18(23)22-16-8-5-4-7-13(16)19/h4-5,7-8,10-11H,2-3,6,9H2,1H3,(H,22,23). The molecule has 0 radical (unpaired) electrons. The quantitative estimate of drug-likeness (QED) is 0.504. The van der Waals surface area contributed by atoms with Crippen LogP contribution in [-0.4, -0.2) is 12.5 Å². The third kappa shape index (κ3) is 5.13. The number of hydrogen-bond donors (Lipinski definition) is 1. The predicted octanol–water partition coefficient (Wildman–Crippen LogP) is 6.58. The highest BCUT2D eigenvalue weighted by atomic mass is 79.9. The first kappa shape index (κ1) is 19.1. The molecule has 0 saturated carbocycles. The Labute approximate surface area is 160 Å². The molecule has 128 valence electrons. The molecule has 2 aromatic rings. The Balaban J connectivity index is 2.11. The molecule has 2 rings (SSSR count). The average molecular weight is 431 g/mol. The molecule has 0 fully saturated rings. The molecule has 1 N–H and O–H groups in total. The third-order valence-corrected chi connectivity index (χ3v) is 4.63. The summed E-state index contributed by atoms with van der Waals surface area (Å²) >= 11 is 15.8. The van der Waals surface area contributed by atoms with Gasteiger partial charge in [0.15, 0.2) is 5.75 Å². The lowest BCUT2D eigenvalue weighted by molar-refractivity contribution is 0.102. The van der Waals surface area contributed by atoms with Crippen LogP contribution in [0, 0.1) is 0 Å². The normalized spacial score (nSPS) is 10.5. The van der Waals surface area contributed by atoms with Crippen molar-refractivity contribution < 1.29 is 9.53 Å². The molecule has 0 saturated heterocycles. The maximum atomic E-state index is 12.4. The van der Waals surface area contributed by atoms with Gasteiger partial charge in [0.05, 0.1) is 22.3 Å². The van der Waals surface area contributed by atoms with E-state index in [2.05, 4.69) is 28.2 Å². The van der Waals surface area contributed by atoms with E-state index in [1.165, 1.54) is 0 Å². The van der Waals surface area contributed by atoms with Crippen LogP contribution in [0.4, 0.5) is 5.69 Å². The van der Waals surface area contributed by atoms with Gasteiger partial charge in [-0.3, -0.25) is 4.79 Å². The summed E-state index contributed by atoms with van der Waals surface area (Å²) < 4.78 is 6.44. The first-order chi connectivity index (χ1) is 11.5. The zero-order valence-electron chi connectivity index (χ0n) is 13.2. The number of amides is 1. The van der Waals surface area contributed by atoms with Crippen LogP contribution < -0.4 is 10.1 Å². The summed E-state index contributed by atoms with van der Waals surface area (Å²) in [4.78, 5) is 12.4. The van der Waals surface area contributed by atoms with Crippen LogP contribution in [0.1, 0.15) is 36.5 Å². The first-order valence-corrected chi connectivity index (χ1v) is 9.25. The molecule has 0 heterocycles. The fraction of sp³-hybridized carbons (Fsp3) is 0.278. The fourth-order valence-electron chi connectivity index (χ4n) is 2.11. The number of anilines is 1. The SMILES string of the molecule is CCCCCOc1c(Cl)cc(C(=O)Nc2ccccc2Br)cc1Cl. The summed E-state index contributed by atoms with van der Waals surface area (Å²) in [6.45, 7) is 2.67. The van der Waals surface area contributed by atoms with E-state index >= 15 is 0 Å². The number of ether oxygens (including phenoxy) is 1. The zero-order valence-corrected chi connectivity index (χ0v) is 16.3. The minimum Gasteiger partial charge on any atom is -0.490 e. The number of unbranched alkanes of at least 4 members (excludes halogenated alkanes) is 2. The highest BCUT2D eigenvalue weighted by Crippen LogP contribution is 2.35. The molecule has 0 aliphatic heterocycles. The van der Waals surface area contributed by atoms with E-state index in [1.807, 2.05) is 18.2 Å². The maximum absolute atomic E-state index is 12.4. The zero-order chi connectivity index (χ0) is 17.5. The van der Waals surface area contributed by atoms with Gasteiger partial charge in [-0.15, -0.1) is 0 Å². The second-order valence-electron chi connectivity index (χ2n) is 5.26. The summed E-state index contributed by atoms with van der Waals surface area (Å²) in [6.07, 6.45) is 3.13. The lowest BCUT2D eigenvalue weighted by Crippen LogP contribution is -2.12. The number of hydrogen-bond acceptors (Lipinski definition) is 2. The molecule has 0 bridgehead atoms. The Bertz CT molecular complexity index is 699. The Morgan fingerprint density at radius 3 is 2.46 bits per heavy atom. The lowest BCUT2D eigenvalue weighted by Gasteiger charge is -2.12. The number of carbonyl (C=O) groups excluding carboxylic acids is 1. The number of carbonyl (C=O) groups is 1. The van der Waals surface area contributed by atoms with E-state index in [0.29, 0.717) is 33.7 Å². The van der Waals surface area contributed by atoms with Crippen LogP contribution in [-0.2, 0) is 0 Å². The van der Waals surface area contributed by atoms with Crippen LogP contribution in [0.15, 0.2) is 40.9 Å². The molecule has 0 aliphatic carbocycles. The molecule has 2 aromatic carbocycles. The van der Waals surface area contributed by atoms with Gasteiger partial charge in [0.25, 0.3) is 5.91 Å². The summed E-state index contributed by atoms with van der Waals surface area (Å²) in [5.74, 6) is 0.134. The molecular weight excluding hydrogens is 413 g/mol. The van der Waals surface area contributed by atoms with E-state index < -0.39 is 0 Å². The maximum Gasteiger partial charge on any atom is 0.255 e. The number of rotatable bonds is 7. The largest absolute Gasteiger partial charge is 0.490 e. The van der Waals surface area contributed by atoms with Gasteiger partial charge in [0, 0.05) is 10.0 Å². The van der Waals surface area contributed by atoms with Crippen LogP contribution in [0.2, 0.25) is 10.0 Å². The Hall–Kier alpha value is -1.23. The van der Waals surface area contributed by atoms with Gasteiger partial charge in [-0.2, -0.15) is 0 Å². The molecule has 6 heteroatoms. The molecule has 24 heavy (non-hydrogen) atoms. The highest BCUT2D eigenvalue weighted by Gasteiger charge is 2.15. The van der Waals surface area contributed by atoms with Crippen molar-refractivity contribution in [1.29, 1.82) is 0 Å². The van der Waals surface area contributed by atoms with Gasteiger partial charge in [-0.05, 0) is 46.6 Å². The summed E-state index contributed by atoms with van der Waals surface area (Å²) in [5.41, 5.74) is 1.05. The van der Waals surface area contributed by atoms with Gasteiger partial charge >= 0.3 is 0 Å². The Morgan fingerprint density at radius 1 is 1.17 bits per heavy atom. The number of nitrogens with one attached hydrogen (secondary N) is 1. The van der Waals surface area contributed by atoms with Crippen molar-refractivity contribution in [1.82, 2.24) is 0 Å². The van der Waals surface area contributed by atoms with Crippen molar-refractivity contribution in [2.75, 3.05) is 11.9 Å². The van der Waals surface area contributed by atoms with Gasteiger partial charge in [-0.25, -0.2) is 0 Å². The monoisotopic (exact) mass is 429 g/mol. The lowest BCUT2D eigenvalue weighted by atomic mass is 10.2. The van der Waals surface area contributed by atoms with Gasteiger partial charge in [-0.1, -0.05) is 55.1 Å². The predicted molar refractivity (Wildman–Crippen MR) is 104 cm³/mol. The molecule has 0 atom stereocenters. The summed E-state index contributed by atoms with van der Waals surface area (Å²) in [7, 11) is 0. The van der Waals surface area contributed by atoms with E-state index in [9.17, 15) is 4.79 Å². The third-order valence-electron chi connectivity index (χ3n) is 3.38. The first-order valence-electron chi connectivity index (χ1n) is 7.70. The molecule has 0 aliphatic rings. The van der Waals surface area contributed by atoms with Crippen LogP contribution >= 0.6 is 39.1 Å². The van der Waals surface area contributed by atoms with Crippen LogP contribution in [0.5, 0.6) is 5.75 Å². The summed E-state index contributed by atoms with van der Waals surface area (Å²) in [5, 5.41) is 3.48. The Morgan fingerprint density at radius 2 is 1.83 bits per heavy atom.